The predicted octanol–water partition coefficient (Wildman–Crippen LogP) is 4.70. The summed E-state index contributed by atoms with van der Waals surface area (Å²) >= 11 is 1.33. The van der Waals surface area contributed by atoms with E-state index < -0.39 is 5.97 Å². The standard InChI is InChI=1S/C19H17NO3S/c1-12-6-13(2)8-16(7-12)23-10-14-4-3-5-15(9-14)18-20-17(11-24-18)19(21)22/h3-9,11H,10H2,1-2H3,(H,21,22). The van der Waals surface area contributed by atoms with Crippen LogP contribution in [0.1, 0.15) is 27.2 Å². The van der Waals surface area contributed by atoms with Gasteiger partial charge in [0.05, 0.1) is 0 Å². The van der Waals surface area contributed by atoms with Gasteiger partial charge in [0.2, 0.25) is 0 Å². The van der Waals surface area contributed by atoms with Crippen LogP contribution in [0, 0.1) is 13.8 Å². The lowest BCUT2D eigenvalue weighted by Crippen LogP contribution is -1.97. The van der Waals surface area contributed by atoms with E-state index in [1.807, 2.05) is 50.2 Å². The van der Waals surface area contributed by atoms with Crippen LogP contribution in [-0.4, -0.2) is 16.1 Å². The van der Waals surface area contributed by atoms with Crippen molar-refractivity contribution in [2.75, 3.05) is 0 Å². The van der Waals surface area contributed by atoms with Crippen molar-refractivity contribution in [2.45, 2.75) is 20.5 Å². The summed E-state index contributed by atoms with van der Waals surface area (Å²) in [5, 5.41) is 11.2. The van der Waals surface area contributed by atoms with Gasteiger partial charge in [-0.05, 0) is 48.7 Å². The second-order valence-electron chi connectivity index (χ2n) is 5.66. The molecule has 4 nitrogen and oxygen atoms in total. The van der Waals surface area contributed by atoms with Gasteiger partial charge in [0, 0.05) is 10.9 Å². The fourth-order valence-corrected chi connectivity index (χ4v) is 3.27. The van der Waals surface area contributed by atoms with Gasteiger partial charge in [-0.1, -0.05) is 24.3 Å². The Morgan fingerprint density at radius 3 is 2.58 bits per heavy atom. The van der Waals surface area contributed by atoms with Gasteiger partial charge in [0.25, 0.3) is 0 Å². The molecule has 1 N–H and O–H groups in total. The summed E-state index contributed by atoms with van der Waals surface area (Å²) in [5.41, 5.74) is 4.32. The van der Waals surface area contributed by atoms with Crippen LogP contribution in [0.4, 0.5) is 0 Å². The number of aromatic nitrogens is 1. The summed E-state index contributed by atoms with van der Waals surface area (Å²) in [7, 11) is 0. The fraction of sp³-hybridized carbons (Fsp3) is 0.158. The minimum absolute atomic E-state index is 0.0758. The highest BCUT2D eigenvalue weighted by Gasteiger charge is 2.10. The van der Waals surface area contributed by atoms with Crippen molar-refractivity contribution in [1.82, 2.24) is 4.98 Å². The Labute approximate surface area is 144 Å². The number of carboxylic acids is 1. The van der Waals surface area contributed by atoms with E-state index in [1.54, 1.807) is 5.38 Å². The quantitative estimate of drug-likeness (QED) is 0.732. The summed E-state index contributed by atoms with van der Waals surface area (Å²) in [4.78, 5) is 15.1. The summed E-state index contributed by atoms with van der Waals surface area (Å²) in [5.74, 6) is -0.160. The molecule has 0 aliphatic heterocycles. The Morgan fingerprint density at radius 1 is 1.17 bits per heavy atom. The molecule has 0 amide bonds. The van der Waals surface area contributed by atoms with Crippen molar-refractivity contribution < 1.29 is 14.6 Å². The number of hydrogen-bond donors (Lipinski definition) is 1. The molecule has 0 saturated heterocycles. The first-order valence-electron chi connectivity index (χ1n) is 7.50. The lowest BCUT2D eigenvalue weighted by Gasteiger charge is -2.09. The summed E-state index contributed by atoms with van der Waals surface area (Å²) < 4.78 is 5.88. The number of rotatable bonds is 5. The predicted molar refractivity (Wildman–Crippen MR) is 94.8 cm³/mol. The minimum atomic E-state index is -1.01. The summed E-state index contributed by atoms with van der Waals surface area (Å²) in [6.45, 7) is 4.54. The first-order chi connectivity index (χ1) is 11.5. The summed E-state index contributed by atoms with van der Waals surface area (Å²) in [6.07, 6.45) is 0. The maximum atomic E-state index is 11.0. The number of aryl methyl sites for hydroxylation is 2. The molecule has 5 heteroatoms. The minimum Gasteiger partial charge on any atom is -0.489 e. The molecule has 0 fully saturated rings. The zero-order valence-electron chi connectivity index (χ0n) is 13.4. The Balaban J connectivity index is 1.76. The van der Waals surface area contributed by atoms with Crippen molar-refractivity contribution >= 4 is 17.3 Å². The molecule has 3 aromatic rings. The van der Waals surface area contributed by atoms with Crippen LogP contribution in [0.3, 0.4) is 0 Å². The maximum Gasteiger partial charge on any atom is 0.355 e. The van der Waals surface area contributed by atoms with E-state index >= 15 is 0 Å². The third kappa shape index (κ3) is 3.81. The zero-order valence-corrected chi connectivity index (χ0v) is 14.3. The van der Waals surface area contributed by atoms with Crippen molar-refractivity contribution in [2.24, 2.45) is 0 Å². The van der Waals surface area contributed by atoms with Crippen molar-refractivity contribution in [3.05, 3.63) is 70.2 Å². The Kier molecular flexibility index (Phi) is 4.62. The Bertz CT molecular complexity index is 866. The fourth-order valence-electron chi connectivity index (χ4n) is 2.48. The highest BCUT2D eigenvalue weighted by atomic mass is 32.1. The number of ether oxygens (including phenoxy) is 1. The van der Waals surface area contributed by atoms with Crippen LogP contribution in [0.5, 0.6) is 5.75 Å². The molecule has 0 aliphatic rings. The van der Waals surface area contributed by atoms with Crippen LogP contribution in [0.15, 0.2) is 47.8 Å². The Hall–Kier alpha value is -2.66. The van der Waals surface area contributed by atoms with E-state index in [1.165, 1.54) is 22.5 Å². The first-order valence-corrected chi connectivity index (χ1v) is 8.38. The SMILES string of the molecule is Cc1cc(C)cc(OCc2cccc(-c3nc(C(=O)O)cs3)c2)c1. The molecule has 0 unspecified atom stereocenters. The van der Waals surface area contributed by atoms with Gasteiger partial charge >= 0.3 is 5.97 Å². The van der Waals surface area contributed by atoms with E-state index in [9.17, 15) is 4.79 Å². The van der Waals surface area contributed by atoms with Crippen LogP contribution in [0.2, 0.25) is 0 Å². The van der Waals surface area contributed by atoms with Crippen LogP contribution in [0.25, 0.3) is 10.6 Å². The molecule has 0 spiro atoms. The molecule has 1 aromatic heterocycles. The van der Waals surface area contributed by atoms with Crippen LogP contribution in [-0.2, 0) is 6.61 Å². The normalized spacial score (nSPS) is 10.6. The molecule has 2 aromatic carbocycles. The molecule has 0 radical (unpaired) electrons. The number of nitrogens with zero attached hydrogens (tertiary/aromatic N) is 1. The van der Waals surface area contributed by atoms with Crippen LogP contribution >= 0.6 is 11.3 Å². The average Bonchev–Trinajstić information content (AvgIpc) is 3.03. The van der Waals surface area contributed by atoms with Gasteiger partial charge in [-0.2, -0.15) is 0 Å². The smallest absolute Gasteiger partial charge is 0.355 e. The second-order valence-corrected chi connectivity index (χ2v) is 6.51. The average molecular weight is 339 g/mol. The van der Waals surface area contributed by atoms with Gasteiger partial charge in [0.1, 0.15) is 17.4 Å². The van der Waals surface area contributed by atoms with Crippen molar-refractivity contribution in [3.8, 4) is 16.3 Å². The Morgan fingerprint density at radius 2 is 1.92 bits per heavy atom. The lowest BCUT2D eigenvalue weighted by atomic mass is 10.1. The van der Waals surface area contributed by atoms with E-state index in [0.29, 0.717) is 11.6 Å². The molecule has 3 rings (SSSR count). The highest BCUT2D eigenvalue weighted by molar-refractivity contribution is 7.13. The molecular weight excluding hydrogens is 322 g/mol. The number of carbonyl (C=O) groups is 1. The van der Waals surface area contributed by atoms with Crippen molar-refractivity contribution in [3.63, 3.8) is 0 Å². The number of carboxylic acid groups (broad SMARTS) is 1. The van der Waals surface area contributed by atoms with Gasteiger partial charge in [-0.15, -0.1) is 11.3 Å². The molecule has 24 heavy (non-hydrogen) atoms. The third-order valence-corrected chi connectivity index (χ3v) is 4.39. The van der Waals surface area contributed by atoms with E-state index in [0.717, 1.165) is 16.9 Å². The van der Waals surface area contributed by atoms with E-state index in [-0.39, 0.29) is 5.69 Å². The highest BCUT2D eigenvalue weighted by Crippen LogP contribution is 2.25. The lowest BCUT2D eigenvalue weighted by molar-refractivity contribution is 0.0691. The van der Waals surface area contributed by atoms with Crippen molar-refractivity contribution in [1.29, 1.82) is 0 Å². The van der Waals surface area contributed by atoms with E-state index in [4.69, 9.17) is 9.84 Å². The topological polar surface area (TPSA) is 59.4 Å². The molecule has 0 aliphatic carbocycles. The van der Waals surface area contributed by atoms with Gasteiger partial charge in [-0.25, -0.2) is 9.78 Å². The zero-order chi connectivity index (χ0) is 17.1. The number of hydrogen-bond acceptors (Lipinski definition) is 4. The number of benzene rings is 2. The van der Waals surface area contributed by atoms with Gasteiger partial charge in [0.15, 0.2) is 5.69 Å². The molecule has 0 bridgehead atoms. The third-order valence-electron chi connectivity index (χ3n) is 3.50. The number of thiazole rings is 1. The molecular formula is C19H17NO3S. The summed E-state index contributed by atoms with van der Waals surface area (Å²) in [6, 6.07) is 13.9. The molecule has 1 heterocycles. The number of aromatic carboxylic acids is 1. The monoisotopic (exact) mass is 339 g/mol. The molecule has 0 atom stereocenters. The molecule has 122 valence electrons. The van der Waals surface area contributed by atoms with Crippen LogP contribution < -0.4 is 4.74 Å². The van der Waals surface area contributed by atoms with E-state index in [2.05, 4.69) is 11.1 Å². The van der Waals surface area contributed by atoms with Gasteiger partial charge in [-0.3, -0.25) is 0 Å². The maximum absolute atomic E-state index is 11.0. The molecule has 0 saturated carbocycles. The largest absolute Gasteiger partial charge is 0.489 e. The van der Waals surface area contributed by atoms with Gasteiger partial charge < -0.3 is 9.84 Å². The second kappa shape index (κ2) is 6.84. The first kappa shape index (κ1) is 16.2.